The number of hydrogen-bond acceptors (Lipinski definition) is 5. The Balaban J connectivity index is 1.85. The molecule has 1 aliphatic carbocycles. The summed E-state index contributed by atoms with van der Waals surface area (Å²) in [6.07, 6.45) is 1.32. The van der Waals surface area contributed by atoms with Crippen LogP contribution >= 0.6 is 0 Å². The van der Waals surface area contributed by atoms with Crippen molar-refractivity contribution in [2.24, 2.45) is 5.41 Å². The summed E-state index contributed by atoms with van der Waals surface area (Å²) >= 11 is 0. The molecule has 0 aromatic rings. The van der Waals surface area contributed by atoms with Gasteiger partial charge >= 0.3 is 12.1 Å². The quantitative estimate of drug-likeness (QED) is 0.622. The Morgan fingerprint density at radius 3 is 2.36 bits per heavy atom. The predicted molar refractivity (Wildman–Crippen MR) is 78.0 cm³/mol. The minimum Gasteiger partial charge on any atom is -0.468 e. The molecule has 0 aromatic carbocycles. The average Bonchev–Trinajstić information content (AvgIpc) is 3.10. The fourth-order valence-corrected chi connectivity index (χ4v) is 2.54. The lowest BCUT2D eigenvalue weighted by Gasteiger charge is -2.24. The Morgan fingerprint density at radius 1 is 1.23 bits per heavy atom. The summed E-state index contributed by atoms with van der Waals surface area (Å²) in [5.74, 6) is -0.776. The van der Waals surface area contributed by atoms with Crippen LogP contribution in [0.5, 0.6) is 0 Å². The minimum absolute atomic E-state index is 0.151. The molecule has 1 heterocycles. The first-order valence-corrected chi connectivity index (χ1v) is 7.55. The van der Waals surface area contributed by atoms with Gasteiger partial charge in [-0.3, -0.25) is 9.59 Å². The van der Waals surface area contributed by atoms with E-state index in [1.807, 2.05) is 20.8 Å². The van der Waals surface area contributed by atoms with Crippen LogP contribution in [0.25, 0.3) is 0 Å². The van der Waals surface area contributed by atoms with Gasteiger partial charge in [0.15, 0.2) is 0 Å². The Labute approximate surface area is 130 Å². The normalized spacial score (nSPS) is 22.9. The number of nitrogens with zero attached hydrogens (tertiary/aromatic N) is 1. The molecule has 22 heavy (non-hydrogen) atoms. The third-order valence-electron chi connectivity index (χ3n) is 3.94. The number of methoxy groups -OCH3 is 1. The van der Waals surface area contributed by atoms with Crippen molar-refractivity contribution < 1.29 is 23.9 Å². The van der Waals surface area contributed by atoms with E-state index < -0.39 is 17.0 Å². The molecule has 1 atom stereocenters. The summed E-state index contributed by atoms with van der Waals surface area (Å²) in [6, 6.07) is -0.151. The SMILES string of the molecule is COC(=O)C1(C(=O)NC2CCN(C(=O)OC(C)(C)C)C2)CC1. The van der Waals surface area contributed by atoms with Gasteiger partial charge in [0.05, 0.1) is 7.11 Å². The topological polar surface area (TPSA) is 84.9 Å². The third-order valence-corrected chi connectivity index (χ3v) is 3.94. The van der Waals surface area contributed by atoms with Crippen molar-refractivity contribution in [2.75, 3.05) is 20.2 Å². The van der Waals surface area contributed by atoms with E-state index in [2.05, 4.69) is 5.32 Å². The number of esters is 1. The largest absolute Gasteiger partial charge is 0.468 e. The summed E-state index contributed by atoms with van der Waals surface area (Å²) < 4.78 is 10.0. The number of rotatable bonds is 3. The van der Waals surface area contributed by atoms with Crippen LogP contribution in [0.1, 0.15) is 40.0 Å². The van der Waals surface area contributed by atoms with E-state index in [1.165, 1.54) is 7.11 Å². The first-order chi connectivity index (χ1) is 10.2. The molecule has 1 aliphatic heterocycles. The standard InChI is InChI=1S/C15H24N2O5/c1-14(2,3)22-13(20)17-8-5-10(9-17)16-11(18)15(6-7-15)12(19)21-4/h10H,5-9H2,1-4H3,(H,16,18). The van der Waals surface area contributed by atoms with Crippen LogP contribution in [0.3, 0.4) is 0 Å². The smallest absolute Gasteiger partial charge is 0.410 e. The lowest BCUT2D eigenvalue weighted by atomic mass is 10.1. The highest BCUT2D eigenvalue weighted by molar-refractivity contribution is 6.05. The number of likely N-dealkylation sites (tertiary alicyclic amines) is 1. The monoisotopic (exact) mass is 312 g/mol. The zero-order valence-electron chi connectivity index (χ0n) is 13.6. The maximum Gasteiger partial charge on any atom is 0.410 e. The number of carbonyl (C=O) groups is 3. The Bertz CT molecular complexity index is 479. The number of carbonyl (C=O) groups excluding carboxylic acids is 3. The van der Waals surface area contributed by atoms with Crippen molar-refractivity contribution in [3.05, 3.63) is 0 Å². The Morgan fingerprint density at radius 2 is 1.86 bits per heavy atom. The molecule has 1 unspecified atom stereocenters. The van der Waals surface area contributed by atoms with E-state index in [1.54, 1.807) is 4.90 Å². The zero-order chi connectivity index (χ0) is 16.5. The van der Waals surface area contributed by atoms with Crippen molar-refractivity contribution in [1.29, 1.82) is 0 Å². The maximum atomic E-state index is 12.2. The van der Waals surface area contributed by atoms with Crippen LogP contribution in [0, 0.1) is 5.41 Å². The summed E-state index contributed by atoms with van der Waals surface area (Å²) in [7, 11) is 1.29. The summed E-state index contributed by atoms with van der Waals surface area (Å²) in [5.41, 5.74) is -1.55. The van der Waals surface area contributed by atoms with Crippen molar-refractivity contribution in [2.45, 2.75) is 51.7 Å². The summed E-state index contributed by atoms with van der Waals surface area (Å²) in [4.78, 5) is 37.5. The van der Waals surface area contributed by atoms with E-state index in [0.717, 1.165) is 0 Å². The van der Waals surface area contributed by atoms with Crippen LogP contribution in [-0.2, 0) is 19.1 Å². The number of hydrogen-bond donors (Lipinski definition) is 1. The molecular weight excluding hydrogens is 288 g/mol. The van der Waals surface area contributed by atoms with Gasteiger partial charge in [-0.05, 0) is 40.0 Å². The highest BCUT2D eigenvalue weighted by Gasteiger charge is 2.58. The lowest BCUT2D eigenvalue weighted by Crippen LogP contribution is -2.45. The Hall–Kier alpha value is -1.79. The van der Waals surface area contributed by atoms with E-state index in [4.69, 9.17) is 9.47 Å². The molecule has 2 aliphatic rings. The molecule has 7 nitrogen and oxygen atoms in total. The van der Waals surface area contributed by atoms with Crippen LogP contribution in [0.2, 0.25) is 0 Å². The molecule has 2 rings (SSSR count). The summed E-state index contributed by atoms with van der Waals surface area (Å²) in [5, 5.41) is 2.86. The third kappa shape index (κ3) is 3.51. The fraction of sp³-hybridized carbons (Fsp3) is 0.800. The maximum absolute atomic E-state index is 12.2. The van der Waals surface area contributed by atoms with Crippen LogP contribution in [0.4, 0.5) is 4.79 Å². The highest BCUT2D eigenvalue weighted by atomic mass is 16.6. The number of nitrogens with one attached hydrogen (secondary N) is 1. The van der Waals surface area contributed by atoms with Gasteiger partial charge in [-0.25, -0.2) is 4.79 Å². The second kappa shape index (κ2) is 5.78. The molecule has 7 heteroatoms. The Kier molecular flexibility index (Phi) is 4.35. The van der Waals surface area contributed by atoms with Crippen molar-refractivity contribution >= 4 is 18.0 Å². The first-order valence-electron chi connectivity index (χ1n) is 7.55. The fourth-order valence-electron chi connectivity index (χ4n) is 2.54. The summed E-state index contributed by atoms with van der Waals surface area (Å²) in [6.45, 7) is 6.37. The molecule has 0 spiro atoms. The van der Waals surface area contributed by atoms with Gasteiger partial charge in [-0.15, -0.1) is 0 Å². The number of amides is 2. The minimum atomic E-state index is -1.01. The van der Waals surface area contributed by atoms with E-state index in [9.17, 15) is 14.4 Å². The van der Waals surface area contributed by atoms with Gasteiger partial charge in [-0.1, -0.05) is 0 Å². The molecule has 2 fully saturated rings. The second-order valence-electron chi connectivity index (χ2n) is 6.96. The van der Waals surface area contributed by atoms with Gasteiger partial charge in [0.2, 0.25) is 5.91 Å². The van der Waals surface area contributed by atoms with Gasteiger partial charge in [0.25, 0.3) is 0 Å². The van der Waals surface area contributed by atoms with Crippen LogP contribution in [-0.4, -0.2) is 54.7 Å². The molecule has 1 N–H and O–H groups in total. The van der Waals surface area contributed by atoms with Gasteiger partial charge in [-0.2, -0.15) is 0 Å². The lowest BCUT2D eigenvalue weighted by molar-refractivity contribution is -0.152. The van der Waals surface area contributed by atoms with Gasteiger partial charge < -0.3 is 19.7 Å². The van der Waals surface area contributed by atoms with Crippen molar-refractivity contribution in [1.82, 2.24) is 10.2 Å². The molecule has 124 valence electrons. The van der Waals surface area contributed by atoms with E-state index >= 15 is 0 Å². The molecule has 0 radical (unpaired) electrons. The molecule has 2 amide bonds. The van der Waals surface area contributed by atoms with E-state index in [-0.39, 0.29) is 18.0 Å². The highest BCUT2D eigenvalue weighted by Crippen LogP contribution is 2.47. The molecule has 1 saturated heterocycles. The van der Waals surface area contributed by atoms with Crippen LogP contribution in [0.15, 0.2) is 0 Å². The van der Waals surface area contributed by atoms with Gasteiger partial charge in [0.1, 0.15) is 11.0 Å². The average molecular weight is 312 g/mol. The zero-order valence-corrected chi connectivity index (χ0v) is 13.6. The first kappa shape index (κ1) is 16.6. The van der Waals surface area contributed by atoms with E-state index in [0.29, 0.717) is 32.4 Å². The number of ether oxygens (including phenoxy) is 2. The van der Waals surface area contributed by atoms with Crippen LogP contribution < -0.4 is 5.32 Å². The predicted octanol–water partition coefficient (Wildman–Crippen LogP) is 1.07. The van der Waals surface area contributed by atoms with Crippen molar-refractivity contribution in [3.63, 3.8) is 0 Å². The molecule has 1 saturated carbocycles. The molecular formula is C15H24N2O5. The van der Waals surface area contributed by atoms with Gasteiger partial charge in [0, 0.05) is 19.1 Å². The second-order valence-corrected chi connectivity index (χ2v) is 6.96. The van der Waals surface area contributed by atoms with Crippen molar-refractivity contribution in [3.8, 4) is 0 Å². The molecule has 0 aromatic heterocycles. The molecule has 0 bridgehead atoms.